The molecular weight excluding hydrogens is 514 g/mol. The van der Waals surface area contributed by atoms with E-state index in [2.05, 4.69) is 31.9 Å². The number of nitrogens with two attached hydrogens (primary N) is 2. The first-order chi connectivity index (χ1) is 19.9. The van der Waals surface area contributed by atoms with Gasteiger partial charge in [-0.1, -0.05) is 12.1 Å². The molecule has 41 heavy (non-hydrogen) atoms. The summed E-state index contributed by atoms with van der Waals surface area (Å²) in [6.07, 6.45) is 9.08. The Labute approximate surface area is 241 Å². The summed E-state index contributed by atoms with van der Waals surface area (Å²) in [5.74, 6) is 2.24. The SMILES string of the molecule is CC1c2c([nH]c(N)c2/C=C(\N)c2ccccc2O)CCN1c1ncc(N2CCC(CN3CC4(CNC4)C3)CC2)cn1. The number of aromatic nitrogens is 3. The number of phenols is 1. The Kier molecular flexibility index (Phi) is 6.54. The van der Waals surface area contributed by atoms with E-state index in [4.69, 9.17) is 21.4 Å². The molecule has 0 bridgehead atoms. The fourth-order valence-corrected chi connectivity index (χ4v) is 7.34. The second-order valence-corrected chi connectivity index (χ2v) is 12.5. The highest BCUT2D eigenvalue weighted by atomic mass is 16.3. The lowest BCUT2D eigenvalue weighted by molar-refractivity contribution is -0.0485. The first-order valence-electron chi connectivity index (χ1n) is 14.9. The number of piperidine rings is 1. The van der Waals surface area contributed by atoms with Crippen LogP contribution in [0.1, 0.15) is 48.2 Å². The predicted octanol–water partition coefficient (Wildman–Crippen LogP) is 2.79. The molecule has 0 saturated carbocycles. The Bertz CT molecular complexity index is 1430. The number of anilines is 3. The molecule has 0 radical (unpaired) electrons. The molecule has 0 aliphatic carbocycles. The quantitative estimate of drug-likeness (QED) is 0.311. The van der Waals surface area contributed by atoms with Crippen LogP contribution in [0.2, 0.25) is 0 Å². The molecule has 6 heterocycles. The molecule has 1 spiro atoms. The molecule has 4 aliphatic rings. The molecule has 1 atom stereocenters. The average molecular weight is 556 g/mol. The first kappa shape index (κ1) is 26.2. The van der Waals surface area contributed by atoms with Crippen LogP contribution < -0.4 is 26.6 Å². The van der Waals surface area contributed by atoms with Crippen LogP contribution in [-0.4, -0.2) is 77.3 Å². The van der Waals surface area contributed by atoms with Gasteiger partial charge in [-0.3, -0.25) is 0 Å². The minimum Gasteiger partial charge on any atom is -0.507 e. The number of hydrogen-bond donors (Lipinski definition) is 5. The van der Waals surface area contributed by atoms with Crippen LogP contribution in [0.3, 0.4) is 0 Å². The van der Waals surface area contributed by atoms with Crippen LogP contribution in [0, 0.1) is 11.3 Å². The van der Waals surface area contributed by atoms with E-state index >= 15 is 0 Å². The van der Waals surface area contributed by atoms with Crippen LogP contribution in [-0.2, 0) is 6.42 Å². The average Bonchev–Trinajstić information content (AvgIpc) is 3.25. The highest BCUT2D eigenvalue weighted by molar-refractivity contribution is 5.86. The summed E-state index contributed by atoms with van der Waals surface area (Å²) in [5.41, 5.74) is 18.7. The Balaban J connectivity index is 1.01. The van der Waals surface area contributed by atoms with Crippen molar-refractivity contribution in [3.05, 3.63) is 59.0 Å². The van der Waals surface area contributed by atoms with Crippen molar-refractivity contribution in [1.82, 2.24) is 25.2 Å². The number of likely N-dealkylation sites (tertiary alicyclic amines) is 1. The number of aromatic hydroxyl groups is 1. The van der Waals surface area contributed by atoms with E-state index in [-0.39, 0.29) is 11.8 Å². The van der Waals surface area contributed by atoms with Crippen LogP contribution in [0.25, 0.3) is 11.8 Å². The molecule has 1 unspecified atom stereocenters. The zero-order valence-corrected chi connectivity index (χ0v) is 23.8. The van der Waals surface area contributed by atoms with Crippen molar-refractivity contribution in [3.8, 4) is 5.75 Å². The second kappa shape index (κ2) is 10.3. The van der Waals surface area contributed by atoms with Gasteiger partial charge in [0.05, 0.1) is 24.1 Å². The Morgan fingerprint density at radius 3 is 2.54 bits per heavy atom. The second-order valence-electron chi connectivity index (χ2n) is 12.5. The fraction of sp³-hybridized carbons (Fsp3) is 0.484. The Morgan fingerprint density at radius 2 is 1.85 bits per heavy atom. The van der Waals surface area contributed by atoms with Gasteiger partial charge in [-0.05, 0) is 43.9 Å². The highest BCUT2D eigenvalue weighted by Gasteiger charge is 2.47. The van der Waals surface area contributed by atoms with E-state index < -0.39 is 0 Å². The number of para-hydroxylation sites is 1. The zero-order chi connectivity index (χ0) is 28.1. The normalized spacial score (nSPS) is 22.9. The topological polar surface area (TPSA) is 136 Å². The third kappa shape index (κ3) is 4.78. The molecule has 3 aromatic rings. The number of aromatic amines is 1. The smallest absolute Gasteiger partial charge is 0.225 e. The fourth-order valence-electron chi connectivity index (χ4n) is 7.34. The van der Waals surface area contributed by atoms with Crippen LogP contribution in [0.4, 0.5) is 17.5 Å². The molecule has 2 aromatic heterocycles. The van der Waals surface area contributed by atoms with Gasteiger partial charge >= 0.3 is 0 Å². The molecule has 7 N–H and O–H groups in total. The predicted molar refractivity (Wildman–Crippen MR) is 164 cm³/mol. The van der Waals surface area contributed by atoms with Gasteiger partial charge in [-0.15, -0.1) is 0 Å². The largest absolute Gasteiger partial charge is 0.507 e. The van der Waals surface area contributed by atoms with Crippen molar-refractivity contribution in [2.24, 2.45) is 17.1 Å². The van der Waals surface area contributed by atoms with E-state index in [0.717, 1.165) is 60.4 Å². The van der Waals surface area contributed by atoms with Crippen molar-refractivity contribution in [3.63, 3.8) is 0 Å². The number of nitrogen functional groups attached to an aromatic ring is 1. The van der Waals surface area contributed by atoms with Gasteiger partial charge in [0.2, 0.25) is 5.95 Å². The summed E-state index contributed by atoms with van der Waals surface area (Å²) in [6.45, 7) is 11.3. The summed E-state index contributed by atoms with van der Waals surface area (Å²) in [6, 6.07) is 7.08. The standard InChI is InChI=1S/C31H41N9O/c1-20-28-24(12-25(32)23-4-2-3-5-27(23)41)29(33)37-26(28)8-11-40(20)30-35-13-22(14-36-30)39-9-6-21(7-10-39)15-38-18-31(19-38)16-34-17-31/h2-5,12-14,20-21,34,37,41H,6-11,15-19,32-33H2,1H3/b25-12-. The number of benzene rings is 1. The summed E-state index contributed by atoms with van der Waals surface area (Å²) in [5, 5.41) is 13.7. The van der Waals surface area contributed by atoms with Gasteiger partial charge in [0.25, 0.3) is 0 Å². The first-order valence-corrected chi connectivity index (χ1v) is 14.9. The number of rotatable bonds is 6. The minimum absolute atomic E-state index is 0.00803. The summed E-state index contributed by atoms with van der Waals surface area (Å²) in [4.78, 5) is 20.3. The molecule has 1 aromatic carbocycles. The zero-order valence-electron chi connectivity index (χ0n) is 23.8. The van der Waals surface area contributed by atoms with Gasteiger partial charge in [-0.2, -0.15) is 0 Å². The van der Waals surface area contributed by atoms with Gasteiger partial charge in [0, 0.05) is 92.3 Å². The van der Waals surface area contributed by atoms with E-state index in [9.17, 15) is 5.11 Å². The van der Waals surface area contributed by atoms with Gasteiger partial charge in [0.1, 0.15) is 11.6 Å². The number of nitrogens with one attached hydrogen (secondary N) is 2. The van der Waals surface area contributed by atoms with Gasteiger partial charge in [0.15, 0.2) is 0 Å². The van der Waals surface area contributed by atoms with Gasteiger partial charge < -0.3 is 41.6 Å². The van der Waals surface area contributed by atoms with Crippen molar-refractivity contribution in [2.45, 2.75) is 32.2 Å². The number of hydrogen-bond acceptors (Lipinski definition) is 9. The minimum atomic E-state index is 0.00803. The van der Waals surface area contributed by atoms with Crippen molar-refractivity contribution >= 4 is 29.2 Å². The van der Waals surface area contributed by atoms with E-state index in [1.54, 1.807) is 18.2 Å². The highest BCUT2D eigenvalue weighted by Crippen LogP contribution is 2.39. The van der Waals surface area contributed by atoms with E-state index in [1.165, 1.54) is 45.6 Å². The van der Waals surface area contributed by atoms with Crippen molar-refractivity contribution in [1.29, 1.82) is 0 Å². The monoisotopic (exact) mass is 555 g/mol. The summed E-state index contributed by atoms with van der Waals surface area (Å²) < 4.78 is 0. The maximum absolute atomic E-state index is 10.3. The third-order valence-corrected chi connectivity index (χ3v) is 9.69. The Hall–Kier alpha value is -3.76. The van der Waals surface area contributed by atoms with Crippen molar-refractivity contribution in [2.75, 3.05) is 67.9 Å². The lowest BCUT2D eigenvalue weighted by atomic mass is 9.74. The number of nitrogens with zero attached hydrogens (tertiary/aromatic N) is 5. The summed E-state index contributed by atoms with van der Waals surface area (Å²) >= 11 is 0. The molecule has 7 rings (SSSR count). The third-order valence-electron chi connectivity index (χ3n) is 9.69. The molecule has 3 saturated heterocycles. The number of phenolic OH excluding ortho intramolecular Hbond substituents is 1. The van der Waals surface area contributed by atoms with Crippen molar-refractivity contribution < 1.29 is 5.11 Å². The molecular formula is C31H41N9O. The number of H-pyrrole nitrogens is 1. The molecule has 4 aliphatic heterocycles. The van der Waals surface area contributed by atoms with Gasteiger partial charge in [-0.25, -0.2) is 9.97 Å². The van der Waals surface area contributed by atoms with Crippen LogP contribution >= 0.6 is 0 Å². The Morgan fingerprint density at radius 1 is 1.12 bits per heavy atom. The van der Waals surface area contributed by atoms with E-state index in [0.29, 0.717) is 22.5 Å². The van der Waals surface area contributed by atoms with Crippen LogP contribution in [0.5, 0.6) is 5.75 Å². The maximum Gasteiger partial charge on any atom is 0.225 e. The van der Waals surface area contributed by atoms with Crippen LogP contribution in [0.15, 0.2) is 36.7 Å². The lowest BCUT2D eigenvalue weighted by Gasteiger charge is -2.57. The molecule has 0 amide bonds. The summed E-state index contributed by atoms with van der Waals surface area (Å²) in [7, 11) is 0. The lowest BCUT2D eigenvalue weighted by Crippen LogP contribution is -2.71. The molecule has 3 fully saturated rings. The molecule has 10 heteroatoms. The molecule has 10 nitrogen and oxygen atoms in total. The number of fused-ring (bicyclic) bond motifs is 1. The van der Waals surface area contributed by atoms with E-state index in [1.807, 2.05) is 24.5 Å². The maximum atomic E-state index is 10.3. The molecule has 216 valence electrons.